The predicted octanol–water partition coefficient (Wildman–Crippen LogP) is 1.97. The van der Waals surface area contributed by atoms with E-state index >= 15 is 0 Å². The van der Waals surface area contributed by atoms with E-state index in [0.29, 0.717) is 45.3 Å². The zero-order valence-electron chi connectivity index (χ0n) is 37.6. The zero-order valence-corrected chi connectivity index (χ0v) is 37.6. The van der Waals surface area contributed by atoms with Crippen LogP contribution in [0.2, 0.25) is 0 Å². The molecule has 18 heteroatoms. The van der Waals surface area contributed by atoms with E-state index in [-0.39, 0.29) is 57.8 Å². The van der Waals surface area contributed by atoms with E-state index in [0.717, 1.165) is 17.9 Å². The number of aryl methyl sites for hydroxylation is 1. The molecule has 3 aromatic carbocycles. The molecule has 4 unspecified atom stereocenters. The van der Waals surface area contributed by atoms with Crippen molar-refractivity contribution in [1.29, 1.82) is 5.26 Å². The summed E-state index contributed by atoms with van der Waals surface area (Å²) in [7, 11) is 1.42. The van der Waals surface area contributed by atoms with E-state index in [4.69, 9.17) is 31.9 Å². The van der Waals surface area contributed by atoms with Crippen molar-refractivity contribution in [3.63, 3.8) is 0 Å². The lowest BCUT2D eigenvalue weighted by atomic mass is 9.81. The third kappa shape index (κ3) is 11.8. The maximum atomic E-state index is 14.7. The Morgan fingerprint density at radius 1 is 0.924 bits per heavy atom. The molecule has 5 amide bonds. The van der Waals surface area contributed by atoms with Crippen LogP contribution in [0.25, 0.3) is 22.5 Å². The Balaban J connectivity index is 1.34. The molecule has 0 spiro atoms. The van der Waals surface area contributed by atoms with Crippen molar-refractivity contribution in [2.75, 3.05) is 46.4 Å². The first-order chi connectivity index (χ1) is 31.8. The number of nitrogens with zero attached hydrogens (tertiary/aromatic N) is 4. The number of fused-ring (bicyclic) bond motifs is 5. The molecule has 4 atom stereocenters. The third-order valence-corrected chi connectivity index (χ3v) is 11.8. The Labute approximate surface area is 384 Å². The lowest BCUT2D eigenvalue weighted by Gasteiger charge is -2.32. The van der Waals surface area contributed by atoms with Gasteiger partial charge in [0.1, 0.15) is 55.4 Å². The van der Waals surface area contributed by atoms with Crippen LogP contribution in [0.3, 0.4) is 0 Å². The number of nitrogens with two attached hydrogens (primary N) is 3. The number of ether oxygens (including phenoxy) is 2. The quantitative estimate of drug-likeness (QED) is 0.0748. The molecule has 1 aliphatic carbocycles. The number of hydrogen-bond acceptors (Lipinski definition) is 13. The van der Waals surface area contributed by atoms with Crippen molar-refractivity contribution >= 4 is 29.5 Å². The molecule has 1 aromatic heterocycles. The molecule has 0 radical (unpaired) electrons. The fourth-order valence-electron chi connectivity index (χ4n) is 8.01. The van der Waals surface area contributed by atoms with E-state index in [9.17, 15) is 24.0 Å². The van der Waals surface area contributed by atoms with Crippen molar-refractivity contribution in [2.45, 2.75) is 76.5 Å². The molecule has 1 aliphatic heterocycles. The van der Waals surface area contributed by atoms with Gasteiger partial charge in [-0.25, -0.2) is 9.97 Å². The second-order valence-electron chi connectivity index (χ2n) is 16.6. The molecule has 6 rings (SSSR count). The standard InChI is InChI=1S/C48H59N11O7/c1-28-37(27-54-43(55-28)33-10-7-31(8-11-33)23-30-5-4-6-30)45(61)57-38(15-16-49)48(64)59(3)42-34-12-14-41(66-22-19-52)36(26-34)35-24-32(9-13-40(35)65-21-18-51)25-39(46(62)53-20-17-50)58-44(60)29(2)56-47(42)63/h7-14,24,26-27,29-30,38-39,42H,4-6,15-16,18-23,25,49,51-52H2,1-3H3,(H,53,62)(H,56,63)(H,57,61)(H,58,60). The molecule has 4 bridgehead atoms. The minimum atomic E-state index is -1.40. The topological polar surface area (TPSA) is 283 Å². The third-order valence-electron chi connectivity index (χ3n) is 11.8. The van der Waals surface area contributed by atoms with Crippen LogP contribution in [0.15, 0.2) is 66.9 Å². The number of benzene rings is 3. The van der Waals surface area contributed by atoms with E-state index in [1.54, 1.807) is 43.3 Å². The van der Waals surface area contributed by atoms with Crippen LogP contribution in [0.1, 0.15) is 71.4 Å². The average Bonchev–Trinajstić information content (AvgIpc) is 3.30. The lowest BCUT2D eigenvalue weighted by molar-refractivity contribution is -0.141. The maximum absolute atomic E-state index is 14.7. The highest BCUT2D eigenvalue weighted by Gasteiger charge is 2.36. The largest absolute Gasteiger partial charge is 0.492 e. The highest BCUT2D eigenvalue weighted by molar-refractivity contribution is 6.00. The summed E-state index contributed by atoms with van der Waals surface area (Å²) in [6.07, 6.45) is 6.29. The van der Waals surface area contributed by atoms with Gasteiger partial charge < -0.3 is 52.8 Å². The van der Waals surface area contributed by atoms with Crippen LogP contribution >= 0.6 is 0 Å². The van der Waals surface area contributed by atoms with E-state index in [1.165, 1.54) is 49.9 Å². The summed E-state index contributed by atoms with van der Waals surface area (Å²) in [5.74, 6) is -1.37. The summed E-state index contributed by atoms with van der Waals surface area (Å²) >= 11 is 0. The first kappa shape index (κ1) is 48.5. The van der Waals surface area contributed by atoms with Gasteiger partial charge in [-0.2, -0.15) is 5.26 Å². The Morgan fingerprint density at radius 3 is 2.23 bits per heavy atom. The summed E-state index contributed by atoms with van der Waals surface area (Å²) in [5.41, 5.74) is 22.2. The predicted molar refractivity (Wildman–Crippen MR) is 247 cm³/mol. The van der Waals surface area contributed by atoms with Gasteiger partial charge in [0.15, 0.2) is 5.82 Å². The SMILES string of the molecule is Cc1nc(-c2ccc(CC3CCC3)cc2)ncc1C(=O)NC(CCN)C(=O)N(C)C1C(=O)NC(C)C(=O)NC(C(=O)NCC#N)Cc2ccc(OCCN)c(c2)-c2cc1ccc2OCCN. The van der Waals surface area contributed by atoms with Gasteiger partial charge in [0.05, 0.1) is 17.3 Å². The number of amides is 5. The molecule has 0 saturated heterocycles. The van der Waals surface area contributed by atoms with Crippen molar-refractivity contribution in [3.05, 3.63) is 94.8 Å². The van der Waals surface area contributed by atoms with Gasteiger partial charge in [0.2, 0.25) is 23.6 Å². The Hall–Kier alpha value is -6.94. The number of nitriles is 1. The average molecular weight is 902 g/mol. The summed E-state index contributed by atoms with van der Waals surface area (Å²) in [6.45, 7) is 3.52. The lowest BCUT2D eigenvalue weighted by Crippen LogP contribution is -2.56. The number of carbonyl (C=O) groups excluding carboxylic acids is 5. The van der Waals surface area contributed by atoms with Crippen LogP contribution in [0.5, 0.6) is 11.5 Å². The molecule has 4 aromatic rings. The molecule has 2 heterocycles. The second-order valence-corrected chi connectivity index (χ2v) is 16.6. The zero-order chi connectivity index (χ0) is 47.3. The van der Waals surface area contributed by atoms with Gasteiger partial charge in [-0.15, -0.1) is 0 Å². The van der Waals surface area contributed by atoms with Crippen molar-refractivity contribution in [2.24, 2.45) is 23.1 Å². The van der Waals surface area contributed by atoms with Gasteiger partial charge in [-0.1, -0.05) is 55.7 Å². The molecule has 18 nitrogen and oxygen atoms in total. The minimum absolute atomic E-state index is 0.00450. The minimum Gasteiger partial charge on any atom is -0.492 e. The maximum Gasteiger partial charge on any atom is 0.255 e. The summed E-state index contributed by atoms with van der Waals surface area (Å²) < 4.78 is 12.2. The summed E-state index contributed by atoms with van der Waals surface area (Å²) in [4.78, 5) is 80.5. The molecule has 1 fully saturated rings. The Morgan fingerprint density at radius 2 is 1.61 bits per heavy atom. The van der Waals surface area contributed by atoms with Crippen molar-refractivity contribution in [3.8, 4) is 40.1 Å². The van der Waals surface area contributed by atoms with Crippen LogP contribution in [0, 0.1) is 24.2 Å². The van der Waals surface area contributed by atoms with E-state index in [1.807, 2.05) is 18.2 Å². The van der Waals surface area contributed by atoms with E-state index in [2.05, 4.69) is 43.4 Å². The highest BCUT2D eigenvalue weighted by Crippen LogP contribution is 2.40. The number of aromatic nitrogens is 2. The number of rotatable bonds is 17. The highest BCUT2D eigenvalue weighted by atomic mass is 16.5. The molecule has 66 heavy (non-hydrogen) atoms. The molecule has 2 aliphatic rings. The van der Waals surface area contributed by atoms with Gasteiger partial charge in [0.25, 0.3) is 5.91 Å². The number of carbonyl (C=O) groups is 5. The van der Waals surface area contributed by atoms with Gasteiger partial charge in [-0.05, 0) is 80.1 Å². The molecular weight excluding hydrogens is 843 g/mol. The van der Waals surface area contributed by atoms with Crippen LogP contribution < -0.4 is 47.9 Å². The van der Waals surface area contributed by atoms with E-state index < -0.39 is 53.7 Å². The monoisotopic (exact) mass is 901 g/mol. The van der Waals surface area contributed by atoms with Gasteiger partial charge in [-0.3, -0.25) is 24.0 Å². The van der Waals surface area contributed by atoms with Crippen LogP contribution in [-0.2, 0) is 32.0 Å². The molecule has 10 N–H and O–H groups in total. The van der Waals surface area contributed by atoms with Crippen molar-refractivity contribution < 1.29 is 33.4 Å². The molecule has 348 valence electrons. The van der Waals surface area contributed by atoms with Gasteiger partial charge >= 0.3 is 0 Å². The first-order valence-electron chi connectivity index (χ1n) is 22.2. The smallest absolute Gasteiger partial charge is 0.255 e. The van der Waals surface area contributed by atoms with Crippen LogP contribution in [-0.4, -0.2) is 109 Å². The number of likely N-dealkylation sites (N-methyl/N-ethyl adjacent to an activating group) is 1. The molecular formula is C48H59N11O7. The Kier molecular flexibility index (Phi) is 16.8. The summed E-state index contributed by atoms with van der Waals surface area (Å²) in [6, 6.07) is 15.2. The second kappa shape index (κ2) is 22.8. The van der Waals surface area contributed by atoms with Crippen LogP contribution in [0.4, 0.5) is 0 Å². The number of nitrogens with one attached hydrogen (secondary N) is 4. The first-order valence-corrected chi connectivity index (χ1v) is 22.2. The number of hydrogen-bond donors (Lipinski definition) is 7. The van der Waals surface area contributed by atoms with Crippen molar-refractivity contribution in [1.82, 2.24) is 36.1 Å². The fourth-order valence-corrected chi connectivity index (χ4v) is 8.01. The molecule has 1 saturated carbocycles. The fraction of sp³-hybridized carbons (Fsp3) is 0.417. The van der Waals surface area contributed by atoms with Gasteiger partial charge in [0, 0.05) is 49.4 Å². The normalized spacial score (nSPS) is 17.7. The summed E-state index contributed by atoms with van der Waals surface area (Å²) in [5, 5.41) is 19.9. The Bertz CT molecular complexity index is 2440.